The van der Waals surface area contributed by atoms with Gasteiger partial charge in [0, 0.05) is 25.2 Å². The molecule has 1 aromatic carbocycles. The average molecular weight is 675 g/mol. The molecule has 4 aromatic rings. The number of imidazole rings is 1. The van der Waals surface area contributed by atoms with Gasteiger partial charge in [-0.25, -0.2) is 9.78 Å². The number of aromatic nitrogens is 5. The zero-order valence-corrected chi connectivity index (χ0v) is 26.5. The van der Waals surface area contributed by atoms with Crippen LogP contribution >= 0.6 is 0 Å². The third kappa shape index (κ3) is 6.80. The first-order chi connectivity index (χ1) is 23.0. The van der Waals surface area contributed by atoms with Gasteiger partial charge in [-0.2, -0.15) is 23.1 Å². The lowest BCUT2D eigenvalue weighted by Gasteiger charge is -2.24. The number of carbonyl (C=O) groups excluding carboxylic acids is 1. The van der Waals surface area contributed by atoms with E-state index in [9.17, 15) is 28.2 Å². The lowest BCUT2D eigenvalue weighted by molar-refractivity contribution is -0.211. The van der Waals surface area contributed by atoms with E-state index in [0.29, 0.717) is 37.6 Å². The number of halogens is 3. The highest BCUT2D eigenvalue weighted by atomic mass is 19.4. The highest BCUT2D eigenvalue weighted by molar-refractivity contribution is 5.85. The summed E-state index contributed by atoms with van der Waals surface area (Å²) in [6, 6.07) is 10.8. The van der Waals surface area contributed by atoms with Crippen molar-refractivity contribution < 1.29 is 42.2 Å². The average Bonchev–Trinajstić information content (AvgIpc) is 3.87. The summed E-state index contributed by atoms with van der Waals surface area (Å²) >= 11 is 0. The van der Waals surface area contributed by atoms with Crippen LogP contribution < -0.4 is 10.2 Å². The molecule has 17 heteroatoms. The molecule has 258 valence electrons. The highest BCUT2D eigenvalue weighted by Crippen LogP contribution is 2.43. The number of carbonyl (C=O) groups is 1. The van der Waals surface area contributed by atoms with Crippen LogP contribution in [0.1, 0.15) is 42.7 Å². The first-order valence-corrected chi connectivity index (χ1v) is 15.6. The SMILES string of the molecule is CCc1cc([C@H]2O[C@@H](n3cnc4c(N[C@H](CO)Cc5ccccc5)nc(N5CC[C@@H](N(C)C)C5)nc43)[C@H](OC(=O)C(F)(F)F)[C@@H]2O)on1. The minimum absolute atomic E-state index is 0.0514. The molecule has 2 saturated heterocycles. The Morgan fingerprint density at radius 3 is 2.65 bits per heavy atom. The van der Waals surface area contributed by atoms with Crippen molar-refractivity contribution in [3.63, 3.8) is 0 Å². The Labute approximate surface area is 273 Å². The van der Waals surface area contributed by atoms with E-state index >= 15 is 0 Å². The summed E-state index contributed by atoms with van der Waals surface area (Å²) in [4.78, 5) is 30.2. The molecular formula is C31H37F3N8O6. The van der Waals surface area contributed by atoms with Gasteiger partial charge in [0.1, 0.15) is 6.10 Å². The summed E-state index contributed by atoms with van der Waals surface area (Å²) in [5.74, 6) is -1.85. The lowest BCUT2D eigenvalue weighted by atomic mass is 10.1. The number of esters is 1. The van der Waals surface area contributed by atoms with Crippen LogP contribution in [0.3, 0.4) is 0 Å². The fourth-order valence-corrected chi connectivity index (χ4v) is 5.99. The number of aryl methyl sites for hydroxylation is 1. The Balaban J connectivity index is 1.42. The van der Waals surface area contributed by atoms with Gasteiger partial charge in [-0.1, -0.05) is 42.4 Å². The Morgan fingerprint density at radius 2 is 2.00 bits per heavy atom. The fraction of sp³-hybridized carbons (Fsp3) is 0.516. The van der Waals surface area contributed by atoms with Crippen molar-refractivity contribution in [3.05, 3.63) is 59.7 Å². The summed E-state index contributed by atoms with van der Waals surface area (Å²) in [6.45, 7) is 2.83. The van der Waals surface area contributed by atoms with Gasteiger partial charge in [0.2, 0.25) is 5.95 Å². The first-order valence-electron chi connectivity index (χ1n) is 15.6. The Bertz CT molecular complexity index is 1720. The van der Waals surface area contributed by atoms with Gasteiger partial charge < -0.3 is 39.3 Å². The number of benzene rings is 1. The van der Waals surface area contributed by atoms with E-state index in [2.05, 4.69) is 20.4 Å². The number of rotatable bonds is 11. The van der Waals surface area contributed by atoms with Gasteiger partial charge in [0.15, 0.2) is 41.2 Å². The van der Waals surface area contributed by atoms with Crippen LogP contribution in [0.2, 0.25) is 0 Å². The van der Waals surface area contributed by atoms with E-state index in [4.69, 9.17) is 24.0 Å². The van der Waals surface area contributed by atoms with Crippen LogP contribution in [-0.4, -0.2) is 110 Å². The smallest absolute Gasteiger partial charge is 0.448 e. The molecular weight excluding hydrogens is 637 g/mol. The van der Waals surface area contributed by atoms with Crippen molar-refractivity contribution in [1.82, 2.24) is 29.6 Å². The van der Waals surface area contributed by atoms with Gasteiger partial charge in [-0.3, -0.25) is 4.57 Å². The molecule has 6 atom stereocenters. The largest absolute Gasteiger partial charge is 0.490 e. The fourth-order valence-electron chi connectivity index (χ4n) is 5.99. The summed E-state index contributed by atoms with van der Waals surface area (Å²) < 4.78 is 57.8. The molecule has 5 heterocycles. The molecule has 2 aliphatic rings. The summed E-state index contributed by atoms with van der Waals surface area (Å²) in [7, 11) is 3.96. The van der Waals surface area contributed by atoms with Crippen molar-refractivity contribution in [2.45, 2.75) is 69.0 Å². The number of anilines is 2. The van der Waals surface area contributed by atoms with Crippen molar-refractivity contribution in [2.24, 2.45) is 0 Å². The van der Waals surface area contributed by atoms with Crippen molar-refractivity contribution >= 4 is 28.9 Å². The standard InChI is InChI=1S/C31H37F3N8O6/c1-4-18-13-21(48-39-18)24-23(44)25(47-29(45)31(32,33)34)28(46-24)42-16-35-22-26(36-19(15-43)12-17-8-6-5-7-9-17)37-30(38-27(22)42)41-11-10-20(14-41)40(2)3/h5-9,13,16,19-20,23-25,28,43-44H,4,10-12,14-15H2,1-3H3,(H,36,37,38)/t19-,20+,23+,24+,25+,28+/m0/s1. The quantitative estimate of drug-likeness (QED) is 0.199. The maximum absolute atomic E-state index is 13.4. The van der Waals surface area contributed by atoms with Gasteiger partial charge >= 0.3 is 12.1 Å². The van der Waals surface area contributed by atoms with Crippen molar-refractivity contribution in [2.75, 3.05) is 44.0 Å². The minimum atomic E-state index is -5.33. The number of nitrogens with zero attached hydrogens (tertiary/aromatic N) is 7. The molecule has 0 amide bonds. The van der Waals surface area contributed by atoms with Gasteiger partial charge in [0.25, 0.3) is 0 Å². The van der Waals surface area contributed by atoms with Gasteiger partial charge in [-0.15, -0.1) is 0 Å². The van der Waals surface area contributed by atoms with E-state index in [-0.39, 0.29) is 35.4 Å². The third-order valence-corrected chi connectivity index (χ3v) is 8.65. The Kier molecular flexibility index (Phi) is 9.55. The number of aliphatic hydroxyl groups is 2. The molecule has 0 aliphatic carbocycles. The topological polar surface area (TPSA) is 164 Å². The zero-order chi connectivity index (χ0) is 34.2. The molecule has 0 unspecified atom stereocenters. The van der Waals surface area contributed by atoms with Crippen molar-refractivity contribution in [3.8, 4) is 0 Å². The number of aliphatic hydroxyl groups excluding tert-OH is 2. The molecule has 3 aromatic heterocycles. The highest BCUT2D eigenvalue weighted by Gasteiger charge is 2.53. The maximum atomic E-state index is 13.4. The molecule has 0 saturated carbocycles. The second kappa shape index (κ2) is 13.7. The first kappa shape index (κ1) is 33.6. The van der Waals surface area contributed by atoms with Crippen LogP contribution in [0.15, 0.2) is 47.2 Å². The Hall–Kier alpha value is -4.32. The van der Waals surface area contributed by atoms with E-state index in [1.54, 1.807) is 0 Å². The van der Waals surface area contributed by atoms with Gasteiger partial charge in [0.05, 0.1) is 24.7 Å². The number of hydrogen-bond acceptors (Lipinski definition) is 13. The van der Waals surface area contributed by atoms with E-state index in [1.807, 2.05) is 56.3 Å². The summed E-state index contributed by atoms with van der Waals surface area (Å²) in [5, 5.41) is 28.7. The summed E-state index contributed by atoms with van der Waals surface area (Å²) in [6.07, 6.45) is -8.69. The van der Waals surface area contributed by atoms with Gasteiger partial charge in [-0.05, 0) is 38.9 Å². The molecule has 0 radical (unpaired) electrons. The molecule has 6 rings (SSSR count). The zero-order valence-electron chi connectivity index (χ0n) is 26.5. The van der Waals surface area contributed by atoms with Crippen LogP contribution in [0.4, 0.5) is 24.9 Å². The number of fused-ring (bicyclic) bond motifs is 1. The summed E-state index contributed by atoms with van der Waals surface area (Å²) in [5.41, 5.74) is 1.87. The second-order valence-corrected chi connectivity index (χ2v) is 12.1. The second-order valence-electron chi connectivity index (χ2n) is 12.1. The lowest BCUT2D eigenvalue weighted by Crippen LogP contribution is -2.38. The molecule has 2 aliphatic heterocycles. The third-order valence-electron chi connectivity index (χ3n) is 8.65. The maximum Gasteiger partial charge on any atom is 0.490 e. The molecule has 3 N–H and O–H groups in total. The number of likely N-dealkylation sites (N-methyl/N-ethyl adjacent to an activating group) is 1. The number of alkyl halides is 3. The minimum Gasteiger partial charge on any atom is -0.448 e. The number of nitrogens with one attached hydrogen (secondary N) is 1. The molecule has 0 spiro atoms. The molecule has 2 fully saturated rings. The van der Waals surface area contributed by atoms with Crippen LogP contribution in [-0.2, 0) is 27.1 Å². The number of ether oxygens (including phenoxy) is 2. The van der Waals surface area contributed by atoms with Crippen molar-refractivity contribution in [1.29, 1.82) is 0 Å². The molecule has 48 heavy (non-hydrogen) atoms. The predicted octanol–water partition coefficient (Wildman–Crippen LogP) is 2.64. The van der Waals surface area contributed by atoms with Crippen LogP contribution in [0.5, 0.6) is 0 Å². The monoisotopic (exact) mass is 674 g/mol. The predicted molar refractivity (Wildman–Crippen MR) is 165 cm³/mol. The Morgan fingerprint density at radius 1 is 1.23 bits per heavy atom. The van der Waals surface area contributed by atoms with E-state index in [1.165, 1.54) is 17.0 Å². The van der Waals surface area contributed by atoms with E-state index < -0.39 is 42.7 Å². The van der Waals surface area contributed by atoms with E-state index in [0.717, 1.165) is 12.0 Å². The molecule has 14 nitrogen and oxygen atoms in total. The van der Waals surface area contributed by atoms with Crippen LogP contribution in [0, 0.1) is 0 Å². The van der Waals surface area contributed by atoms with Crippen LogP contribution in [0.25, 0.3) is 11.2 Å². The normalized spacial score (nSPS) is 23.7. The number of hydrogen-bond donors (Lipinski definition) is 3. The molecule has 0 bridgehead atoms.